The normalized spacial score (nSPS) is 26.6. The predicted molar refractivity (Wildman–Crippen MR) is 63.9 cm³/mol. The molecule has 2 rings (SSSR count). The highest BCUT2D eigenvalue weighted by Gasteiger charge is 2.52. The average Bonchev–Trinajstić information content (AvgIpc) is 2.57. The summed E-state index contributed by atoms with van der Waals surface area (Å²) in [6.45, 7) is 5.83. The number of hydrogen-bond donors (Lipinski definition) is 2. The summed E-state index contributed by atoms with van der Waals surface area (Å²) >= 11 is 0. The van der Waals surface area contributed by atoms with E-state index in [9.17, 15) is 14.7 Å². The van der Waals surface area contributed by atoms with Crippen LogP contribution < -0.4 is 5.32 Å². The Morgan fingerprint density at radius 2 is 2.11 bits per heavy atom. The van der Waals surface area contributed by atoms with E-state index in [0.717, 1.165) is 0 Å². The largest absolute Gasteiger partial charge is 0.444 e. The smallest absolute Gasteiger partial charge is 0.410 e. The molecule has 0 radical (unpaired) electrons. The van der Waals surface area contributed by atoms with Crippen molar-refractivity contribution in [1.82, 2.24) is 10.2 Å². The average molecular weight is 256 g/mol. The van der Waals surface area contributed by atoms with E-state index in [0.29, 0.717) is 12.8 Å². The fourth-order valence-corrected chi connectivity index (χ4v) is 2.31. The Labute approximate surface area is 106 Å². The monoisotopic (exact) mass is 256 g/mol. The summed E-state index contributed by atoms with van der Waals surface area (Å²) in [6, 6.07) is -0.247. The minimum absolute atomic E-state index is 0.0378. The molecule has 102 valence electrons. The predicted octanol–water partition coefficient (Wildman–Crippen LogP) is 0.247. The van der Waals surface area contributed by atoms with Crippen molar-refractivity contribution < 1.29 is 19.4 Å². The highest BCUT2D eigenvalue weighted by molar-refractivity contribution is 5.79. The van der Waals surface area contributed by atoms with Crippen molar-refractivity contribution in [2.75, 3.05) is 13.1 Å². The summed E-state index contributed by atoms with van der Waals surface area (Å²) in [5.41, 5.74) is -1.53. The fraction of sp³-hybridized carbons (Fsp3) is 0.833. The minimum atomic E-state index is -0.997. The van der Waals surface area contributed by atoms with E-state index in [1.807, 2.05) is 0 Å². The Morgan fingerprint density at radius 1 is 1.50 bits per heavy atom. The second-order valence-electron chi connectivity index (χ2n) is 6.10. The van der Waals surface area contributed by atoms with Crippen LogP contribution in [0.15, 0.2) is 0 Å². The van der Waals surface area contributed by atoms with Gasteiger partial charge in [0.25, 0.3) is 0 Å². The molecule has 0 bridgehead atoms. The van der Waals surface area contributed by atoms with Gasteiger partial charge in [0, 0.05) is 6.42 Å². The summed E-state index contributed by atoms with van der Waals surface area (Å²) in [6.07, 6.45) is 0.646. The maximum Gasteiger partial charge on any atom is 0.410 e. The number of rotatable bonds is 1. The zero-order valence-electron chi connectivity index (χ0n) is 11.0. The second kappa shape index (κ2) is 4.12. The highest BCUT2D eigenvalue weighted by atomic mass is 16.6. The van der Waals surface area contributed by atoms with Crippen molar-refractivity contribution in [3.8, 4) is 0 Å². The van der Waals surface area contributed by atoms with Crippen molar-refractivity contribution in [3.63, 3.8) is 0 Å². The molecule has 2 N–H and O–H groups in total. The van der Waals surface area contributed by atoms with E-state index in [-0.39, 0.29) is 25.0 Å². The molecule has 2 heterocycles. The molecule has 2 fully saturated rings. The van der Waals surface area contributed by atoms with Crippen LogP contribution in [0.25, 0.3) is 0 Å². The number of likely N-dealkylation sites (tertiary alicyclic amines) is 1. The number of nitrogens with zero attached hydrogens (tertiary/aromatic N) is 1. The van der Waals surface area contributed by atoms with E-state index in [4.69, 9.17) is 4.74 Å². The molecular weight excluding hydrogens is 236 g/mol. The van der Waals surface area contributed by atoms with Crippen LogP contribution >= 0.6 is 0 Å². The lowest BCUT2D eigenvalue weighted by atomic mass is 9.85. The lowest BCUT2D eigenvalue weighted by molar-refractivity contribution is -0.127. The third-order valence-corrected chi connectivity index (χ3v) is 3.22. The van der Waals surface area contributed by atoms with E-state index < -0.39 is 17.3 Å². The van der Waals surface area contributed by atoms with Crippen molar-refractivity contribution in [2.24, 2.45) is 0 Å². The van der Waals surface area contributed by atoms with Crippen molar-refractivity contribution in [2.45, 2.75) is 50.9 Å². The molecule has 0 aromatic heterocycles. The van der Waals surface area contributed by atoms with E-state index in [2.05, 4.69) is 5.32 Å². The number of amides is 2. The first-order valence-corrected chi connectivity index (χ1v) is 6.19. The van der Waals surface area contributed by atoms with Crippen molar-refractivity contribution in [3.05, 3.63) is 0 Å². The Morgan fingerprint density at radius 3 is 2.56 bits per heavy atom. The van der Waals surface area contributed by atoms with E-state index in [1.54, 1.807) is 20.8 Å². The van der Waals surface area contributed by atoms with E-state index in [1.165, 1.54) is 4.90 Å². The molecule has 18 heavy (non-hydrogen) atoms. The van der Waals surface area contributed by atoms with Crippen LogP contribution in [0, 0.1) is 0 Å². The first-order chi connectivity index (χ1) is 8.20. The van der Waals surface area contributed by atoms with Crippen LogP contribution in [0.5, 0.6) is 0 Å². The molecule has 1 atom stereocenters. The summed E-state index contributed by atoms with van der Waals surface area (Å²) in [5, 5.41) is 13.0. The zero-order valence-corrected chi connectivity index (χ0v) is 11.0. The van der Waals surface area contributed by atoms with Gasteiger partial charge in [0.15, 0.2) is 0 Å². The first kappa shape index (κ1) is 13.1. The van der Waals surface area contributed by atoms with Gasteiger partial charge in [-0.15, -0.1) is 0 Å². The molecule has 2 aliphatic rings. The Balaban J connectivity index is 1.86. The van der Waals surface area contributed by atoms with Gasteiger partial charge in [-0.2, -0.15) is 0 Å². The fourth-order valence-electron chi connectivity index (χ4n) is 2.31. The lowest BCUT2D eigenvalue weighted by Crippen LogP contribution is -2.71. The topological polar surface area (TPSA) is 78.9 Å². The van der Waals surface area contributed by atoms with Crippen LogP contribution in [0.4, 0.5) is 4.79 Å². The lowest BCUT2D eigenvalue weighted by Gasteiger charge is -2.49. The van der Waals surface area contributed by atoms with Crippen molar-refractivity contribution in [1.29, 1.82) is 0 Å². The molecule has 6 heteroatoms. The standard InChI is InChI=1S/C12H20N2O4/c1-11(2,3)18-10(16)14-6-12(17,7-14)8-4-5-9(15)13-8/h8,17H,4-7H2,1-3H3,(H,13,15). The molecular formula is C12H20N2O4. The summed E-state index contributed by atoms with van der Waals surface area (Å²) in [4.78, 5) is 24.3. The van der Waals surface area contributed by atoms with Crippen LogP contribution in [-0.4, -0.2) is 52.3 Å². The number of hydrogen-bond acceptors (Lipinski definition) is 4. The van der Waals surface area contributed by atoms with Gasteiger partial charge in [0.05, 0.1) is 19.1 Å². The van der Waals surface area contributed by atoms with Gasteiger partial charge < -0.3 is 20.1 Å². The quantitative estimate of drug-likeness (QED) is 0.704. The molecule has 2 aliphatic heterocycles. The molecule has 2 amide bonds. The molecule has 1 unspecified atom stereocenters. The van der Waals surface area contributed by atoms with E-state index >= 15 is 0 Å². The number of carbonyl (C=O) groups excluding carboxylic acids is 2. The van der Waals surface area contributed by atoms with Gasteiger partial charge in [-0.3, -0.25) is 4.79 Å². The molecule has 0 saturated carbocycles. The first-order valence-electron chi connectivity index (χ1n) is 6.19. The van der Waals surface area contributed by atoms with Gasteiger partial charge in [0.2, 0.25) is 5.91 Å². The number of ether oxygens (including phenoxy) is 1. The highest BCUT2D eigenvalue weighted by Crippen LogP contribution is 2.30. The molecule has 0 aliphatic carbocycles. The SMILES string of the molecule is CC(C)(C)OC(=O)N1CC(O)(C2CCC(=O)N2)C1. The molecule has 6 nitrogen and oxygen atoms in total. The summed E-state index contributed by atoms with van der Waals surface area (Å²) in [5.74, 6) is -0.0378. The van der Waals surface area contributed by atoms with Gasteiger partial charge in [-0.05, 0) is 27.2 Å². The Hall–Kier alpha value is -1.30. The van der Waals surface area contributed by atoms with Crippen LogP contribution in [0.2, 0.25) is 0 Å². The molecule has 0 spiro atoms. The number of nitrogens with one attached hydrogen (secondary N) is 1. The third kappa shape index (κ3) is 2.58. The minimum Gasteiger partial charge on any atom is -0.444 e. The summed E-state index contributed by atoms with van der Waals surface area (Å²) < 4.78 is 5.21. The Bertz CT molecular complexity index is 369. The molecule has 0 aromatic rings. The van der Waals surface area contributed by atoms with Gasteiger partial charge >= 0.3 is 6.09 Å². The van der Waals surface area contributed by atoms with Crippen molar-refractivity contribution >= 4 is 12.0 Å². The maximum atomic E-state index is 11.7. The molecule has 2 saturated heterocycles. The van der Waals surface area contributed by atoms with Crippen LogP contribution in [0.3, 0.4) is 0 Å². The van der Waals surface area contributed by atoms with Crippen LogP contribution in [-0.2, 0) is 9.53 Å². The van der Waals surface area contributed by atoms with Gasteiger partial charge in [-0.1, -0.05) is 0 Å². The second-order valence-corrected chi connectivity index (χ2v) is 6.10. The summed E-state index contributed by atoms with van der Waals surface area (Å²) in [7, 11) is 0. The number of β-amino-alcohol motifs (C(OH)–C–C–N with tert-alkyl or cyclic N) is 1. The van der Waals surface area contributed by atoms with Crippen LogP contribution in [0.1, 0.15) is 33.6 Å². The molecule has 0 aromatic carbocycles. The third-order valence-electron chi connectivity index (χ3n) is 3.22. The Kier molecular flexibility index (Phi) is 3.01. The maximum absolute atomic E-state index is 11.7. The number of aliphatic hydroxyl groups is 1. The number of carbonyl (C=O) groups is 2. The zero-order chi connectivity index (χ0) is 13.6. The van der Waals surface area contributed by atoms with Gasteiger partial charge in [0.1, 0.15) is 11.2 Å². The van der Waals surface area contributed by atoms with Gasteiger partial charge in [-0.25, -0.2) is 4.79 Å².